The number of likely N-dealkylation sites (tertiary alicyclic amines) is 1. The molecule has 88 valence electrons. The van der Waals surface area contributed by atoms with Crippen molar-refractivity contribution < 1.29 is 13.2 Å². The lowest BCUT2D eigenvalue weighted by Gasteiger charge is -2.29. The average molecular weight is 229 g/mol. The molecule has 1 aliphatic rings. The summed E-state index contributed by atoms with van der Waals surface area (Å²) in [5.41, 5.74) is 0.312. The van der Waals surface area contributed by atoms with E-state index in [-0.39, 0.29) is 5.92 Å². The maximum atomic E-state index is 13.5. The molecule has 1 fully saturated rings. The minimum Gasteiger partial charge on any atom is -0.306 e. The minimum absolute atomic E-state index is 0.00583. The molecule has 0 saturated carbocycles. The summed E-state index contributed by atoms with van der Waals surface area (Å²) in [5, 5.41) is 0. The first kappa shape index (κ1) is 11.5. The summed E-state index contributed by atoms with van der Waals surface area (Å²) in [6.45, 7) is 1.73. The Morgan fingerprint density at radius 1 is 1.06 bits per heavy atom. The molecule has 2 rings (SSSR count). The zero-order chi connectivity index (χ0) is 11.7. The number of hydrogen-bond donors (Lipinski definition) is 0. The lowest BCUT2D eigenvalue weighted by Crippen LogP contribution is -2.29. The van der Waals surface area contributed by atoms with Crippen molar-refractivity contribution in [1.82, 2.24) is 4.90 Å². The second-order valence-corrected chi connectivity index (χ2v) is 4.34. The van der Waals surface area contributed by atoms with Crippen LogP contribution in [0.15, 0.2) is 12.1 Å². The predicted octanol–water partition coefficient (Wildman–Crippen LogP) is 2.91. The fourth-order valence-corrected chi connectivity index (χ4v) is 2.18. The van der Waals surface area contributed by atoms with E-state index in [0.29, 0.717) is 5.56 Å². The lowest BCUT2D eigenvalue weighted by atomic mass is 9.89. The van der Waals surface area contributed by atoms with Gasteiger partial charge in [-0.3, -0.25) is 0 Å². The maximum absolute atomic E-state index is 13.5. The highest BCUT2D eigenvalue weighted by Crippen LogP contribution is 2.30. The molecule has 1 aromatic carbocycles. The van der Waals surface area contributed by atoms with E-state index in [1.165, 1.54) is 6.07 Å². The molecule has 0 N–H and O–H groups in total. The van der Waals surface area contributed by atoms with Crippen molar-refractivity contribution in [3.05, 3.63) is 35.1 Å². The van der Waals surface area contributed by atoms with Crippen molar-refractivity contribution >= 4 is 0 Å². The third-order valence-corrected chi connectivity index (χ3v) is 3.22. The van der Waals surface area contributed by atoms with E-state index in [2.05, 4.69) is 4.90 Å². The molecule has 16 heavy (non-hydrogen) atoms. The van der Waals surface area contributed by atoms with Gasteiger partial charge >= 0.3 is 0 Å². The Bertz CT molecular complexity index is 384. The second-order valence-electron chi connectivity index (χ2n) is 4.34. The Labute approximate surface area is 92.9 Å². The van der Waals surface area contributed by atoms with E-state index in [1.807, 2.05) is 7.05 Å². The monoisotopic (exact) mass is 229 g/mol. The van der Waals surface area contributed by atoms with Gasteiger partial charge in [0.1, 0.15) is 0 Å². The van der Waals surface area contributed by atoms with Crippen molar-refractivity contribution in [3.63, 3.8) is 0 Å². The molecule has 0 unspecified atom stereocenters. The van der Waals surface area contributed by atoms with Gasteiger partial charge in [-0.05, 0) is 50.5 Å². The first-order valence-electron chi connectivity index (χ1n) is 5.41. The second kappa shape index (κ2) is 4.45. The Balaban J connectivity index is 2.24. The smallest absolute Gasteiger partial charge is 0.194 e. The topological polar surface area (TPSA) is 3.24 Å². The standard InChI is InChI=1S/C12H14F3N/c1-16-6-4-8(5-7-16)9-2-3-10(13)12(15)11(9)14/h2-3,8H,4-7H2,1H3. The molecule has 4 heteroatoms. The number of nitrogens with zero attached hydrogens (tertiary/aromatic N) is 1. The highest BCUT2D eigenvalue weighted by molar-refractivity contribution is 5.24. The minimum atomic E-state index is -1.35. The molecule has 1 heterocycles. The molecule has 1 saturated heterocycles. The molecule has 0 amide bonds. The molecule has 0 aliphatic carbocycles. The zero-order valence-corrected chi connectivity index (χ0v) is 9.14. The van der Waals surface area contributed by atoms with Gasteiger partial charge in [0, 0.05) is 0 Å². The molecule has 1 nitrogen and oxygen atoms in total. The summed E-state index contributed by atoms with van der Waals surface area (Å²) in [4.78, 5) is 2.15. The maximum Gasteiger partial charge on any atom is 0.194 e. The number of piperidine rings is 1. The predicted molar refractivity (Wildman–Crippen MR) is 55.8 cm³/mol. The van der Waals surface area contributed by atoms with E-state index in [1.54, 1.807) is 0 Å². The molecule has 1 aliphatic heterocycles. The first-order valence-corrected chi connectivity index (χ1v) is 5.41. The van der Waals surface area contributed by atoms with E-state index in [0.717, 1.165) is 32.0 Å². The first-order chi connectivity index (χ1) is 7.59. The summed E-state index contributed by atoms with van der Waals surface area (Å²) in [7, 11) is 2.00. The Kier molecular flexibility index (Phi) is 3.19. The third kappa shape index (κ3) is 2.07. The van der Waals surface area contributed by atoms with E-state index >= 15 is 0 Å². The van der Waals surface area contributed by atoms with Gasteiger partial charge in [-0.25, -0.2) is 13.2 Å². The number of benzene rings is 1. The summed E-state index contributed by atoms with van der Waals surface area (Å²) >= 11 is 0. The van der Waals surface area contributed by atoms with Crippen LogP contribution in [0.25, 0.3) is 0 Å². The Morgan fingerprint density at radius 3 is 2.31 bits per heavy atom. The third-order valence-electron chi connectivity index (χ3n) is 3.22. The van der Waals surface area contributed by atoms with Crippen molar-refractivity contribution in [2.75, 3.05) is 20.1 Å². The molecule has 0 spiro atoms. The van der Waals surface area contributed by atoms with Crippen LogP contribution in [0.2, 0.25) is 0 Å². The number of rotatable bonds is 1. The van der Waals surface area contributed by atoms with Gasteiger partial charge in [-0.1, -0.05) is 6.07 Å². The zero-order valence-electron chi connectivity index (χ0n) is 9.14. The Hall–Kier alpha value is -1.03. The van der Waals surface area contributed by atoms with Gasteiger partial charge in [0.15, 0.2) is 17.5 Å². The fraction of sp³-hybridized carbons (Fsp3) is 0.500. The van der Waals surface area contributed by atoms with Crippen LogP contribution in [0.5, 0.6) is 0 Å². The molecular formula is C12H14F3N. The van der Waals surface area contributed by atoms with Gasteiger partial charge in [0.05, 0.1) is 0 Å². The van der Waals surface area contributed by atoms with E-state index < -0.39 is 17.5 Å². The molecule has 0 aromatic heterocycles. The van der Waals surface area contributed by atoms with Crippen molar-refractivity contribution in [3.8, 4) is 0 Å². The SMILES string of the molecule is CN1CCC(c2ccc(F)c(F)c2F)CC1. The van der Waals surface area contributed by atoms with Crippen molar-refractivity contribution in [2.45, 2.75) is 18.8 Å². The average Bonchev–Trinajstić information content (AvgIpc) is 2.28. The summed E-state index contributed by atoms with van der Waals surface area (Å²) < 4.78 is 39.3. The summed E-state index contributed by atoms with van der Waals surface area (Å²) in [6, 6.07) is 2.37. The fourth-order valence-electron chi connectivity index (χ4n) is 2.18. The molecule has 0 bridgehead atoms. The van der Waals surface area contributed by atoms with Crippen LogP contribution < -0.4 is 0 Å². The van der Waals surface area contributed by atoms with Crippen LogP contribution in [-0.2, 0) is 0 Å². The van der Waals surface area contributed by atoms with Gasteiger partial charge in [0.25, 0.3) is 0 Å². The highest BCUT2D eigenvalue weighted by atomic mass is 19.2. The van der Waals surface area contributed by atoms with Crippen molar-refractivity contribution in [2.24, 2.45) is 0 Å². The quantitative estimate of drug-likeness (QED) is 0.669. The van der Waals surface area contributed by atoms with Gasteiger partial charge < -0.3 is 4.90 Å². The molecule has 0 atom stereocenters. The molecular weight excluding hydrogens is 215 g/mol. The van der Waals surface area contributed by atoms with E-state index in [4.69, 9.17) is 0 Å². The van der Waals surface area contributed by atoms with Crippen LogP contribution in [0.4, 0.5) is 13.2 Å². The van der Waals surface area contributed by atoms with Crippen LogP contribution >= 0.6 is 0 Å². The van der Waals surface area contributed by atoms with Gasteiger partial charge in [-0.15, -0.1) is 0 Å². The molecule has 0 radical (unpaired) electrons. The summed E-state index contributed by atoms with van der Waals surface area (Å²) in [6.07, 6.45) is 1.58. The van der Waals surface area contributed by atoms with E-state index in [9.17, 15) is 13.2 Å². The number of halogens is 3. The van der Waals surface area contributed by atoms with Crippen LogP contribution in [0, 0.1) is 17.5 Å². The van der Waals surface area contributed by atoms with Crippen molar-refractivity contribution in [1.29, 1.82) is 0 Å². The highest BCUT2D eigenvalue weighted by Gasteiger charge is 2.23. The lowest BCUT2D eigenvalue weighted by molar-refractivity contribution is 0.252. The van der Waals surface area contributed by atoms with Crippen LogP contribution in [0.1, 0.15) is 24.3 Å². The largest absolute Gasteiger partial charge is 0.306 e. The summed E-state index contributed by atoms with van der Waals surface area (Å²) in [5.74, 6) is -3.48. The molecule has 1 aromatic rings. The van der Waals surface area contributed by atoms with Crippen LogP contribution in [0.3, 0.4) is 0 Å². The normalized spacial score (nSPS) is 19.0. The van der Waals surface area contributed by atoms with Gasteiger partial charge in [-0.2, -0.15) is 0 Å². The van der Waals surface area contributed by atoms with Gasteiger partial charge in [0.2, 0.25) is 0 Å². The Morgan fingerprint density at radius 2 is 1.69 bits per heavy atom. The number of hydrogen-bond acceptors (Lipinski definition) is 1. The van der Waals surface area contributed by atoms with Crippen LogP contribution in [-0.4, -0.2) is 25.0 Å².